The predicted molar refractivity (Wildman–Crippen MR) is 95.9 cm³/mol. The minimum Gasteiger partial charge on any atom is -0.486 e. The topological polar surface area (TPSA) is 107 Å². The van der Waals surface area contributed by atoms with Gasteiger partial charge in [0, 0.05) is 19.5 Å². The maximum absolute atomic E-state index is 12.2. The van der Waals surface area contributed by atoms with Crippen molar-refractivity contribution in [1.29, 1.82) is 0 Å². The van der Waals surface area contributed by atoms with Crippen LogP contribution in [0, 0.1) is 5.92 Å². The number of carbonyl (C=O) groups is 2. The summed E-state index contributed by atoms with van der Waals surface area (Å²) in [5.74, 6) is -1.09. The van der Waals surface area contributed by atoms with Crippen LogP contribution in [0.4, 0.5) is 0 Å². The van der Waals surface area contributed by atoms with Crippen molar-refractivity contribution in [3.8, 4) is 0 Å². The highest BCUT2D eigenvalue weighted by Crippen LogP contribution is 2.33. The lowest BCUT2D eigenvalue weighted by molar-refractivity contribution is -0.153. The molecule has 0 aromatic carbocycles. The molecule has 9 heteroatoms. The number of allylic oxidation sites excluding steroid dienone is 3. The molecule has 0 spiro atoms. The average molecular weight is 384 g/mol. The van der Waals surface area contributed by atoms with Crippen molar-refractivity contribution in [2.45, 2.75) is 38.8 Å². The van der Waals surface area contributed by atoms with E-state index in [1.807, 2.05) is 0 Å². The van der Waals surface area contributed by atoms with Gasteiger partial charge in [0.05, 0.1) is 17.7 Å². The molecule has 1 amide bonds. The van der Waals surface area contributed by atoms with Crippen LogP contribution in [0.25, 0.3) is 0 Å². The number of nitrogens with zero attached hydrogens (tertiary/aromatic N) is 2. The van der Waals surface area contributed by atoms with Crippen LogP contribution in [0.2, 0.25) is 0 Å². The SMILES string of the molecule is C=C/C=C1/OC(CCC(=O)N2CC(C(=O)O)C2)[C@@H](C)N(S(=O)O)/C1=C/C. The van der Waals surface area contributed by atoms with Crippen LogP contribution >= 0.6 is 0 Å². The molecule has 2 rings (SSSR count). The second-order valence-corrected chi connectivity index (χ2v) is 7.12. The van der Waals surface area contributed by atoms with E-state index < -0.39 is 35.3 Å². The lowest BCUT2D eigenvalue weighted by Gasteiger charge is -2.41. The highest BCUT2D eigenvalue weighted by atomic mass is 32.2. The predicted octanol–water partition coefficient (Wildman–Crippen LogP) is 1.51. The minimum absolute atomic E-state index is 0.138. The molecule has 2 heterocycles. The van der Waals surface area contributed by atoms with E-state index in [-0.39, 0.29) is 25.4 Å². The van der Waals surface area contributed by atoms with Gasteiger partial charge in [-0.25, -0.2) is 4.21 Å². The Labute approximate surface area is 155 Å². The van der Waals surface area contributed by atoms with Gasteiger partial charge in [-0.2, -0.15) is 0 Å². The Morgan fingerprint density at radius 2 is 2.08 bits per heavy atom. The maximum Gasteiger partial charge on any atom is 0.310 e. The van der Waals surface area contributed by atoms with Gasteiger partial charge in [0.25, 0.3) is 11.3 Å². The number of carboxylic acids is 1. The number of hydrogen-bond donors (Lipinski definition) is 2. The number of morpholine rings is 1. The van der Waals surface area contributed by atoms with Crippen molar-refractivity contribution in [3.05, 3.63) is 36.3 Å². The quantitative estimate of drug-likeness (QED) is 0.672. The highest BCUT2D eigenvalue weighted by molar-refractivity contribution is 7.76. The third kappa shape index (κ3) is 4.16. The summed E-state index contributed by atoms with van der Waals surface area (Å²) < 4.78 is 28.7. The van der Waals surface area contributed by atoms with E-state index in [4.69, 9.17) is 9.84 Å². The van der Waals surface area contributed by atoms with Crippen molar-refractivity contribution in [2.75, 3.05) is 13.1 Å². The molecule has 2 unspecified atom stereocenters. The molecule has 8 nitrogen and oxygen atoms in total. The first-order chi connectivity index (χ1) is 12.3. The Balaban J connectivity index is 2.03. The third-order valence-corrected chi connectivity index (χ3v) is 5.48. The molecule has 0 bridgehead atoms. The standard InChI is InChI=1S/C17H24N2O6S/c1-4-6-15-13(5-2)19(26(23)24)11(3)14(25-15)7-8-16(20)18-9-12(10-18)17(21)22/h4-6,11-12,14H,1,7-10H2,2-3H3,(H,21,22)(H,23,24)/b13-5+,15-6+/t11-,14?/m1/s1. The number of ether oxygens (including phenoxy) is 1. The summed E-state index contributed by atoms with van der Waals surface area (Å²) in [4.78, 5) is 24.5. The normalized spacial score (nSPS) is 27.8. The minimum atomic E-state index is -2.23. The second kappa shape index (κ2) is 8.50. The van der Waals surface area contributed by atoms with E-state index in [0.29, 0.717) is 17.9 Å². The number of likely N-dealkylation sites (tertiary alicyclic amines) is 1. The van der Waals surface area contributed by atoms with Crippen molar-refractivity contribution >= 4 is 23.1 Å². The molecule has 0 saturated carbocycles. The molecule has 2 aliphatic heterocycles. The molecular weight excluding hydrogens is 360 g/mol. The zero-order chi connectivity index (χ0) is 19.4. The molecule has 3 atom stereocenters. The number of carbonyl (C=O) groups excluding carboxylic acids is 1. The van der Waals surface area contributed by atoms with Gasteiger partial charge < -0.3 is 14.7 Å². The Hall–Kier alpha value is -2.13. The van der Waals surface area contributed by atoms with Crippen LogP contribution in [0.5, 0.6) is 0 Å². The molecule has 2 saturated heterocycles. The number of carboxylic acid groups (broad SMARTS) is 1. The van der Waals surface area contributed by atoms with E-state index in [2.05, 4.69) is 6.58 Å². The van der Waals surface area contributed by atoms with Crippen LogP contribution in [0.15, 0.2) is 36.3 Å². The fraction of sp³-hybridized carbons (Fsp3) is 0.529. The molecule has 2 aliphatic rings. The fourth-order valence-electron chi connectivity index (χ4n) is 3.09. The van der Waals surface area contributed by atoms with Crippen LogP contribution in [0.3, 0.4) is 0 Å². The van der Waals surface area contributed by atoms with Crippen molar-refractivity contribution in [3.63, 3.8) is 0 Å². The van der Waals surface area contributed by atoms with E-state index in [0.717, 1.165) is 0 Å². The van der Waals surface area contributed by atoms with Crippen LogP contribution in [0.1, 0.15) is 26.7 Å². The van der Waals surface area contributed by atoms with Crippen molar-refractivity contribution < 1.29 is 28.2 Å². The number of hydrogen-bond acceptors (Lipinski definition) is 4. The monoisotopic (exact) mass is 384 g/mol. The molecular formula is C17H24N2O6S. The van der Waals surface area contributed by atoms with E-state index in [1.165, 1.54) is 15.3 Å². The third-order valence-electron chi connectivity index (χ3n) is 4.61. The van der Waals surface area contributed by atoms with Crippen molar-refractivity contribution in [1.82, 2.24) is 9.21 Å². The number of rotatable bonds is 6. The van der Waals surface area contributed by atoms with Crippen LogP contribution in [-0.2, 0) is 25.6 Å². The van der Waals surface area contributed by atoms with Gasteiger partial charge in [0.2, 0.25) is 5.91 Å². The highest BCUT2D eigenvalue weighted by Gasteiger charge is 2.39. The van der Waals surface area contributed by atoms with Gasteiger partial charge in [0.1, 0.15) is 11.9 Å². The summed E-state index contributed by atoms with van der Waals surface area (Å²) in [6.45, 7) is 7.59. The summed E-state index contributed by atoms with van der Waals surface area (Å²) in [6, 6.07) is -0.412. The van der Waals surface area contributed by atoms with E-state index in [9.17, 15) is 18.4 Å². The van der Waals surface area contributed by atoms with Gasteiger partial charge in [-0.15, -0.1) is 0 Å². The summed E-state index contributed by atoms with van der Waals surface area (Å²) >= 11 is -2.23. The summed E-state index contributed by atoms with van der Waals surface area (Å²) in [7, 11) is 0. The zero-order valence-corrected chi connectivity index (χ0v) is 15.6. The van der Waals surface area contributed by atoms with Crippen molar-refractivity contribution in [2.24, 2.45) is 5.92 Å². The zero-order valence-electron chi connectivity index (χ0n) is 14.8. The summed E-state index contributed by atoms with van der Waals surface area (Å²) in [5, 5.41) is 8.87. The van der Waals surface area contributed by atoms with Crippen LogP contribution in [-0.4, -0.2) is 60.2 Å². The first kappa shape index (κ1) is 20.2. The number of aliphatic carboxylic acids is 1. The summed E-state index contributed by atoms with van der Waals surface area (Å²) in [6.07, 6.45) is 4.91. The largest absolute Gasteiger partial charge is 0.486 e. The van der Waals surface area contributed by atoms with E-state index in [1.54, 1.807) is 26.0 Å². The van der Waals surface area contributed by atoms with E-state index >= 15 is 0 Å². The second-order valence-electron chi connectivity index (χ2n) is 6.27. The van der Waals surface area contributed by atoms with Gasteiger partial charge in [-0.1, -0.05) is 18.7 Å². The molecule has 0 aliphatic carbocycles. The van der Waals surface area contributed by atoms with Gasteiger partial charge in [-0.05, 0) is 26.3 Å². The molecule has 0 aromatic heterocycles. The first-order valence-electron chi connectivity index (χ1n) is 8.37. The smallest absolute Gasteiger partial charge is 0.310 e. The first-order valence-corrected chi connectivity index (χ1v) is 9.43. The number of amides is 1. The maximum atomic E-state index is 12.2. The molecule has 26 heavy (non-hydrogen) atoms. The Morgan fingerprint density at radius 1 is 1.42 bits per heavy atom. The van der Waals surface area contributed by atoms with Gasteiger partial charge in [0.15, 0.2) is 0 Å². The fourth-order valence-corrected chi connectivity index (χ4v) is 3.87. The Kier molecular flexibility index (Phi) is 6.60. The molecule has 0 aromatic rings. The summed E-state index contributed by atoms with van der Waals surface area (Å²) in [5.41, 5.74) is 0.493. The lowest BCUT2D eigenvalue weighted by atomic mass is 9.98. The molecule has 2 N–H and O–H groups in total. The van der Waals surface area contributed by atoms with Gasteiger partial charge in [-0.3, -0.25) is 18.4 Å². The molecule has 2 fully saturated rings. The van der Waals surface area contributed by atoms with Crippen LogP contribution < -0.4 is 0 Å². The average Bonchev–Trinajstić information content (AvgIpc) is 2.52. The molecule has 0 radical (unpaired) electrons. The molecule has 144 valence electrons. The Morgan fingerprint density at radius 3 is 2.58 bits per heavy atom. The van der Waals surface area contributed by atoms with Gasteiger partial charge >= 0.3 is 5.97 Å². The Bertz CT molecular complexity index is 668. The lowest BCUT2D eigenvalue weighted by Crippen LogP contribution is -2.53.